The number of nitrogens with zero attached hydrogens (tertiary/aromatic N) is 3. The SMILES string of the molecule is CCC(C)N1C(N)=NCC12CCCN(C(C)C)CC2. The molecule has 2 aliphatic heterocycles. The van der Waals surface area contributed by atoms with Gasteiger partial charge in [0.2, 0.25) is 0 Å². The van der Waals surface area contributed by atoms with Gasteiger partial charge in [-0.25, -0.2) is 0 Å². The smallest absolute Gasteiger partial charge is 0.192 e. The second-order valence-electron chi connectivity index (χ2n) is 6.51. The van der Waals surface area contributed by atoms with E-state index in [0.29, 0.717) is 12.1 Å². The van der Waals surface area contributed by atoms with Crippen molar-refractivity contribution in [1.82, 2.24) is 9.80 Å². The summed E-state index contributed by atoms with van der Waals surface area (Å²) in [5, 5.41) is 0. The largest absolute Gasteiger partial charge is 0.370 e. The number of nitrogens with two attached hydrogens (primary N) is 1. The third-order valence-corrected chi connectivity index (χ3v) is 5.01. The van der Waals surface area contributed by atoms with E-state index in [1.54, 1.807) is 0 Å². The van der Waals surface area contributed by atoms with Crippen LogP contribution in [-0.4, -0.2) is 53.0 Å². The summed E-state index contributed by atoms with van der Waals surface area (Å²) in [6, 6.07) is 1.14. The first-order valence-corrected chi connectivity index (χ1v) is 7.83. The number of guanidine groups is 1. The molecule has 2 heterocycles. The van der Waals surface area contributed by atoms with Crippen molar-refractivity contribution in [2.45, 2.75) is 71.0 Å². The van der Waals surface area contributed by atoms with Gasteiger partial charge in [-0.3, -0.25) is 4.99 Å². The van der Waals surface area contributed by atoms with Crippen molar-refractivity contribution in [2.75, 3.05) is 19.6 Å². The van der Waals surface area contributed by atoms with E-state index in [2.05, 4.69) is 42.5 Å². The Balaban J connectivity index is 2.14. The normalized spacial score (nSPS) is 30.8. The van der Waals surface area contributed by atoms with E-state index in [4.69, 9.17) is 5.73 Å². The molecule has 0 radical (unpaired) electrons. The Morgan fingerprint density at radius 2 is 2.00 bits per heavy atom. The molecule has 4 heteroatoms. The summed E-state index contributed by atoms with van der Waals surface area (Å²) in [5.74, 6) is 0.771. The lowest BCUT2D eigenvalue weighted by Crippen LogP contribution is -2.55. The van der Waals surface area contributed by atoms with E-state index in [-0.39, 0.29) is 5.54 Å². The average Bonchev–Trinajstić information content (AvgIpc) is 2.57. The van der Waals surface area contributed by atoms with Gasteiger partial charge in [0.25, 0.3) is 0 Å². The monoisotopic (exact) mass is 266 g/mol. The molecule has 2 atom stereocenters. The minimum Gasteiger partial charge on any atom is -0.370 e. The zero-order valence-corrected chi connectivity index (χ0v) is 13.0. The Hall–Kier alpha value is -0.770. The standard InChI is InChI=1S/C15H30N4/c1-5-13(4)19-14(16)17-11-15(19)7-6-9-18(10-8-15)12(2)3/h12-13H,5-11H2,1-4H3,(H2,16,17). The first-order chi connectivity index (χ1) is 9.00. The average molecular weight is 266 g/mol. The van der Waals surface area contributed by atoms with Crippen LogP contribution < -0.4 is 5.73 Å². The third kappa shape index (κ3) is 2.73. The van der Waals surface area contributed by atoms with E-state index >= 15 is 0 Å². The highest BCUT2D eigenvalue weighted by Gasteiger charge is 2.44. The zero-order valence-electron chi connectivity index (χ0n) is 13.0. The van der Waals surface area contributed by atoms with Gasteiger partial charge in [0, 0.05) is 18.6 Å². The summed E-state index contributed by atoms with van der Waals surface area (Å²) >= 11 is 0. The molecule has 0 aromatic rings. The topological polar surface area (TPSA) is 44.9 Å². The van der Waals surface area contributed by atoms with Crippen LogP contribution in [0.1, 0.15) is 53.4 Å². The molecule has 0 saturated carbocycles. The molecule has 2 N–H and O–H groups in total. The summed E-state index contributed by atoms with van der Waals surface area (Å²) in [4.78, 5) is 9.60. The summed E-state index contributed by atoms with van der Waals surface area (Å²) < 4.78 is 0. The maximum absolute atomic E-state index is 6.17. The summed E-state index contributed by atoms with van der Waals surface area (Å²) in [7, 11) is 0. The van der Waals surface area contributed by atoms with Crippen LogP contribution in [0.3, 0.4) is 0 Å². The Labute approximate surface area is 118 Å². The van der Waals surface area contributed by atoms with E-state index in [1.165, 1.54) is 32.4 Å². The fourth-order valence-corrected chi connectivity index (χ4v) is 3.61. The van der Waals surface area contributed by atoms with Gasteiger partial charge in [0.1, 0.15) is 0 Å². The second-order valence-corrected chi connectivity index (χ2v) is 6.51. The predicted molar refractivity (Wildman–Crippen MR) is 81.4 cm³/mol. The lowest BCUT2D eigenvalue weighted by Gasteiger charge is -2.42. The highest BCUT2D eigenvalue weighted by Crippen LogP contribution is 2.35. The lowest BCUT2D eigenvalue weighted by atomic mass is 9.88. The Bertz CT molecular complexity index is 339. The quantitative estimate of drug-likeness (QED) is 0.850. The van der Waals surface area contributed by atoms with Crippen molar-refractivity contribution in [3.05, 3.63) is 0 Å². The van der Waals surface area contributed by atoms with Crippen LogP contribution in [0.4, 0.5) is 0 Å². The van der Waals surface area contributed by atoms with Crippen molar-refractivity contribution in [3.8, 4) is 0 Å². The van der Waals surface area contributed by atoms with E-state index in [1.807, 2.05) is 0 Å². The third-order valence-electron chi connectivity index (χ3n) is 5.01. The van der Waals surface area contributed by atoms with Gasteiger partial charge in [-0.15, -0.1) is 0 Å². The minimum absolute atomic E-state index is 0.198. The molecule has 0 aliphatic carbocycles. The van der Waals surface area contributed by atoms with Crippen molar-refractivity contribution < 1.29 is 0 Å². The summed E-state index contributed by atoms with van der Waals surface area (Å²) in [5.41, 5.74) is 6.37. The van der Waals surface area contributed by atoms with Crippen LogP contribution >= 0.6 is 0 Å². The van der Waals surface area contributed by atoms with Crippen LogP contribution in [0.25, 0.3) is 0 Å². The summed E-state index contributed by atoms with van der Waals surface area (Å²) in [6.45, 7) is 12.4. The number of likely N-dealkylation sites (tertiary alicyclic amines) is 1. The molecule has 2 aliphatic rings. The first-order valence-electron chi connectivity index (χ1n) is 7.83. The van der Waals surface area contributed by atoms with Crippen molar-refractivity contribution in [1.29, 1.82) is 0 Å². The van der Waals surface area contributed by atoms with E-state index in [9.17, 15) is 0 Å². The highest BCUT2D eigenvalue weighted by atomic mass is 15.4. The molecule has 0 bridgehead atoms. The molecule has 2 unspecified atom stereocenters. The van der Waals surface area contributed by atoms with Crippen LogP contribution in [0, 0.1) is 0 Å². The molecule has 4 nitrogen and oxygen atoms in total. The lowest BCUT2D eigenvalue weighted by molar-refractivity contribution is 0.129. The molecule has 19 heavy (non-hydrogen) atoms. The second kappa shape index (κ2) is 5.70. The van der Waals surface area contributed by atoms with Crippen molar-refractivity contribution in [2.24, 2.45) is 10.7 Å². The summed E-state index contributed by atoms with van der Waals surface area (Å²) in [6.07, 6.45) is 4.81. The van der Waals surface area contributed by atoms with E-state index in [0.717, 1.165) is 18.9 Å². The molecule has 110 valence electrons. The molecule has 0 aromatic carbocycles. The molecule has 1 saturated heterocycles. The maximum Gasteiger partial charge on any atom is 0.192 e. The van der Waals surface area contributed by atoms with Gasteiger partial charge >= 0.3 is 0 Å². The molecule has 1 spiro atoms. The van der Waals surface area contributed by atoms with Gasteiger partial charge in [-0.2, -0.15) is 0 Å². The van der Waals surface area contributed by atoms with Crippen molar-refractivity contribution in [3.63, 3.8) is 0 Å². The molecule has 0 aromatic heterocycles. The fourth-order valence-electron chi connectivity index (χ4n) is 3.61. The van der Waals surface area contributed by atoms with Crippen LogP contribution in [0.2, 0.25) is 0 Å². The van der Waals surface area contributed by atoms with Crippen LogP contribution in [-0.2, 0) is 0 Å². The minimum atomic E-state index is 0.198. The van der Waals surface area contributed by atoms with Gasteiger partial charge in [-0.05, 0) is 53.0 Å². The first kappa shape index (κ1) is 14.6. The Morgan fingerprint density at radius 3 is 2.63 bits per heavy atom. The predicted octanol–water partition coefficient (Wildman–Crippen LogP) is 2.05. The zero-order chi connectivity index (χ0) is 14.0. The highest BCUT2D eigenvalue weighted by molar-refractivity contribution is 5.81. The van der Waals surface area contributed by atoms with Gasteiger partial charge in [-0.1, -0.05) is 6.92 Å². The van der Waals surface area contributed by atoms with Crippen LogP contribution in [0.5, 0.6) is 0 Å². The van der Waals surface area contributed by atoms with Gasteiger partial charge < -0.3 is 15.5 Å². The number of rotatable bonds is 3. The van der Waals surface area contributed by atoms with Gasteiger partial charge in [0.15, 0.2) is 5.96 Å². The van der Waals surface area contributed by atoms with Gasteiger partial charge in [0.05, 0.1) is 12.1 Å². The molecule has 2 rings (SSSR count). The number of aliphatic imine (C=N–C) groups is 1. The Kier molecular flexibility index (Phi) is 4.39. The number of hydrogen-bond donors (Lipinski definition) is 1. The van der Waals surface area contributed by atoms with Crippen LogP contribution in [0.15, 0.2) is 4.99 Å². The molecule has 0 amide bonds. The van der Waals surface area contributed by atoms with Crippen molar-refractivity contribution >= 4 is 5.96 Å². The Morgan fingerprint density at radius 1 is 1.26 bits per heavy atom. The van der Waals surface area contributed by atoms with E-state index < -0.39 is 0 Å². The molecule has 1 fully saturated rings. The number of hydrogen-bond acceptors (Lipinski definition) is 4. The fraction of sp³-hybridized carbons (Fsp3) is 0.933. The maximum atomic E-state index is 6.17. The molecular weight excluding hydrogens is 236 g/mol. The molecular formula is C15H30N4.